The van der Waals surface area contributed by atoms with E-state index in [9.17, 15) is 15.3 Å². The molecule has 1 saturated heterocycles. The Morgan fingerprint density at radius 3 is 2.29 bits per heavy atom. The molecule has 2 heterocycles. The van der Waals surface area contributed by atoms with E-state index in [1.807, 2.05) is 18.2 Å². The van der Waals surface area contributed by atoms with E-state index in [0.29, 0.717) is 34.2 Å². The Hall–Kier alpha value is -2.38. The Morgan fingerprint density at radius 2 is 1.61 bits per heavy atom. The summed E-state index contributed by atoms with van der Waals surface area (Å²) in [6.07, 6.45) is 3.37. The number of rotatable bonds is 5. The average Bonchev–Trinajstić information content (AvgIpc) is 3.28. The second kappa shape index (κ2) is 7.95. The quantitative estimate of drug-likeness (QED) is 0.548. The summed E-state index contributed by atoms with van der Waals surface area (Å²) < 4.78 is 11.2. The molecule has 3 aromatic rings. The third-order valence-corrected chi connectivity index (χ3v) is 7.22. The van der Waals surface area contributed by atoms with Crippen molar-refractivity contribution in [3.05, 3.63) is 46.0 Å². The molecule has 5 rings (SSSR count). The molecule has 1 atom stereocenters. The fraction of sp³-hybridized carbons (Fsp3) is 0.440. The Morgan fingerprint density at radius 1 is 0.871 bits per heavy atom. The van der Waals surface area contributed by atoms with Crippen LogP contribution in [0, 0.1) is 0 Å². The molecule has 3 aromatic carbocycles. The number of aliphatic hydroxyl groups excluding tert-OH is 3. The van der Waals surface area contributed by atoms with Crippen molar-refractivity contribution in [2.45, 2.75) is 51.7 Å². The van der Waals surface area contributed by atoms with E-state index in [1.54, 1.807) is 14.2 Å². The molecular formula is C25H29NO5. The van der Waals surface area contributed by atoms with Gasteiger partial charge in [-0.15, -0.1) is 0 Å². The van der Waals surface area contributed by atoms with Crippen LogP contribution in [0.15, 0.2) is 18.2 Å². The van der Waals surface area contributed by atoms with Crippen molar-refractivity contribution in [2.24, 2.45) is 0 Å². The second-order valence-electron chi connectivity index (χ2n) is 8.57. The van der Waals surface area contributed by atoms with Crippen LogP contribution in [0.5, 0.6) is 11.5 Å². The zero-order chi connectivity index (χ0) is 21.7. The van der Waals surface area contributed by atoms with Gasteiger partial charge in [-0.25, -0.2) is 0 Å². The summed E-state index contributed by atoms with van der Waals surface area (Å²) in [5, 5.41) is 34.5. The standard InChI is InChI=1S/C25H29NO5/c1-30-23-8-17-18(6-14(23)11-27)25-19(9-24(31-2)21(12-28)22(25)13-29)16-7-15-4-3-5-26(15)10-20(16)17/h6,8-9,15,27-29H,3-5,7,10-13H2,1-2H3. The Labute approximate surface area is 181 Å². The molecule has 0 bridgehead atoms. The van der Waals surface area contributed by atoms with E-state index in [2.05, 4.69) is 4.90 Å². The van der Waals surface area contributed by atoms with Gasteiger partial charge in [-0.1, -0.05) is 0 Å². The number of ether oxygens (including phenoxy) is 2. The minimum Gasteiger partial charge on any atom is -0.496 e. The first-order chi connectivity index (χ1) is 15.1. The fourth-order valence-corrected chi connectivity index (χ4v) is 5.73. The van der Waals surface area contributed by atoms with E-state index >= 15 is 0 Å². The number of fused-ring (bicyclic) bond motifs is 7. The highest BCUT2D eigenvalue weighted by atomic mass is 16.5. The lowest BCUT2D eigenvalue weighted by Crippen LogP contribution is -2.35. The van der Waals surface area contributed by atoms with Crippen molar-refractivity contribution >= 4 is 21.5 Å². The summed E-state index contributed by atoms with van der Waals surface area (Å²) in [5.41, 5.74) is 4.58. The van der Waals surface area contributed by atoms with Crippen LogP contribution in [-0.2, 0) is 32.8 Å². The first-order valence-corrected chi connectivity index (χ1v) is 10.9. The number of aliphatic hydroxyl groups is 3. The van der Waals surface area contributed by atoms with Crippen molar-refractivity contribution < 1.29 is 24.8 Å². The van der Waals surface area contributed by atoms with E-state index in [0.717, 1.165) is 41.1 Å². The predicted octanol–water partition coefficient (Wildman–Crippen LogP) is 3.01. The molecule has 2 aliphatic heterocycles. The molecule has 0 spiro atoms. The van der Waals surface area contributed by atoms with E-state index < -0.39 is 0 Å². The highest BCUT2D eigenvalue weighted by molar-refractivity contribution is 6.14. The van der Waals surface area contributed by atoms with Gasteiger partial charge in [-0.05, 0) is 82.2 Å². The van der Waals surface area contributed by atoms with Gasteiger partial charge in [-0.2, -0.15) is 0 Å². The molecular weight excluding hydrogens is 394 g/mol. The van der Waals surface area contributed by atoms with Crippen molar-refractivity contribution in [1.29, 1.82) is 0 Å². The monoisotopic (exact) mass is 423 g/mol. The molecule has 164 valence electrons. The van der Waals surface area contributed by atoms with Gasteiger partial charge >= 0.3 is 0 Å². The minimum absolute atomic E-state index is 0.136. The van der Waals surface area contributed by atoms with Crippen molar-refractivity contribution in [3.8, 4) is 11.5 Å². The van der Waals surface area contributed by atoms with Gasteiger partial charge in [0.25, 0.3) is 0 Å². The number of nitrogens with zero attached hydrogens (tertiary/aromatic N) is 1. The topological polar surface area (TPSA) is 82.4 Å². The molecule has 3 N–H and O–H groups in total. The number of hydrogen-bond donors (Lipinski definition) is 3. The first-order valence-electron chi connectivity index (χ1n) is 10.9. The van der Waals surface area contributed by atoms with Crippen LogP contribution in [0.25, 0.3) is 21.5 Å². The molecule has 1 fully saturated rings. The molecule has 1 unspecified atom stereocenters. The van der Waals surface area contributed by atoms with Crippen LogP contribution >= 0.6 is 0 Å². The number of methoxy groups -OCH3 is 2. The average molecular weight is 424 g/mol. The lowest BCUT2D eigenvalue weighted by atomic mass is 9.82. The molecule has 0 aromatic heterocycles. The molecule has 0 radical (unpaired) electrons. The van der Waals surface area contributed by atoms with Crippen LogP contribution in [0.1, 0.15) is 40.7 Å². The van der Waals surface area contributed by atoms with Gasteiger partial charge < -0.3 is 24.8 Å². The molecule has 0 amide bonds. The van der Waals surface area contributed by atoms with Gasteiger partial charge in [0.1, 0.15) is 11.5 Å². The lowest BCUT2D eigenvalue weighted by molar-refractivity contribution is 0.229. The number of benzene rings is 3. The maximum atomic E-state index is 10.4. The van der Waals surface area contributed by atoms with Gasteiger partial charge in [0.15, 0.2) is 0 Å². The maximum Gasteiger partial charge on any atom is 0.125 e. The summed E-state index contributed by atoms with van der Waals surface area (Å²) in [5.74, 6) is 1.27. The third-order valence-electron chi connectivity index (χ3n) is 7.22. The summed E-state index contributed by atoms with van der Waals surface area (Å²) >= 11 is 0. The number of hydrogen-bond acceptors (Lipinski definition) is 6. The van der Waals surface area contributed by atoms with Gasteiger partial charge in [0.05, 0.1) is 34.0 Å². The predicted molar refractivity (Wildman–Crippen MR) is 119 cm³/mol. The van der Waals surface area contributed by atoms with Crippen LogP contribution in [0.2, 0.25) is 0 Å². The van der Waals surface area contributed by atoms with Gasteiger partial charge in [0.2, 0.25) is 0 Å². The first kappa shape index (κ1) is 20.5. The smallest absolute Gasteiger partial charge is 0.125 e. The highest BCUT2D eigenvalue weighted by Gasteiger charge is 2.33. The summed E-state index contributed by atoms with van der Waals surface area (Å²) in [4.78, 5) is 2.56. The summed E-state index contributed by atoms with van der Waals surface area (Å²) in [7, 11) is 3.22. The van der Waals surface area contributed by atoms with E-state index in [1.165, 1.54) is 24.0 Å². The molecule has 6 nitrogen and oxygen atoms in total. The summed E-state index contributed by atoms with van der Waals surface area (Å²) in [6.45, 7) is 1.45. The largest absolute Gasteiger partial charge is 0.496 e. The van der Waals surface area contributed by atoms with Crippen LogP contribution in [0.4, 0.5) is 0 Å². The highest BCUT2D eigenvalue weighted by Crippen LogP contribution is 2.45. The Balaban J connectivity index is 1.96. The molecule has 0 saturated carbocycles. The minimum atomic E-state index is -0.215. The maximum absolute atomic E-state index is 10.4. The molecule has 2 aliphatic rings. The Kier molecular flexibility index (Phi) is 5.26. The lowest BCUT2D eigenvalue weighted by Gasteiger charge is -2.34. The molecule has 0 aliphatic carbocycles. The SMILES string of the molecule is COc1cc2c3c(c4cc(OC)c(CO)c(CO)c4c2cc1CO)CC1CCCN1C3. The van der Waals surface area contributed by atoms with E-state index in [-0.39, 0.29) is 19.8 Å². The normalized spacial score (nSPS) is 18.4. The third kappa shape index (κ3) is 3.01. The fourth-order valence-electron chi connectivity index (χ4n) is 5.73. The van der Waals surface area contributed by atoms with Crippen LogP contribution < -0.4 is 9.47 Å². The van der Waals surface area contributed by atoms with Crippen LogP contribution in [-0.4, -0.2) is 47.0 Å². The Bertz CT molecular complexity index is 1170. The zero-order valence-electron chi connectivity index (χ0n) is 18.1. The molecule has 31 heavy (non-hydrogen) atoms. The van der Waals surface area contributed by atoms with Gasteiger partial charge in [-0.3, -0.25) is 4.90 Å². The molecule has 6 heteroatoms. The van der Waals surface area contributed by atoms with E-state index in [4.69, 9.17) is 9.47 Å². The van der Waals surface area contributed by atoms with Crippen LogP contribution in [0.3, 0.4) is 0 Å². The zero-order valence-corrected chi connectivity index (χ0v) is 18.1. The van der Waals surface area contributed by atoms with Crippen molar-refractivity contribution in [1.82, 2.24) is 4.90 Å². The van der Waals surface area contributed by atoms with Gasteiger partial charge in [0, 0.05) is 23.7 Å². The van der Waals surface area contributed by atoms with Crippen molar-refractivity contribution in [3.63, 3.8) is 0 Å². The second-order valence-corrected chi connectivity index (χ2v) is 8.57. The summed E-state index contributed by atoms with van der Waals surface area (Å²) in [6, 6.07) is 6.55. The van der Waals surface area contributed by atoms with Crippen molar-refractivity contribution in [2.75, 3.05) is 20.8 Å².